The highest BCUT2D eigenvalue weighted by Crippen LogP contribution is 2.42. The normalized spacial score (nSPS) is 19.8. The Balaban J connectivity index is 1.45. The van der Waals surface area contributed by atoms with E-state index >= 15 is 0 Å². The maximum atomic E-state index is 13.2. The summed E-state index contributed by atoms with van der Waals surface area (Å²) in [5, 5.41) is 0. The van der Waals surface area contributed by atoms with Crippen LogP contribution in [0.5, 0.6) is 17.2 Å². The molecule has 5 nitrogen and oxygen atoms in total. The van der Waals surface area contributed by atoms with Crippen LogP contribution in [0, 0.1) is 5.82 Å². The second-order valence-electron chi connectivity index (χ2n) is 7.00. The van der Waals surface area contributed by atoms with Gasteiger partial charge < -0.3 is 19.1 Å². The van der Waals surface area contributed by atoms with E-state index < -0.39 is 6.10 Å². The zero-order valence-electron chi connectivity index (χ0n) is 15.5. The number of likely N-dealkylation sites (tertiary alicyclic amines) is 1. The fraction of sp³-hybridized carbons (Fsp3) is 0.174. The van der Waals surface area contributed by atoms with Crippen LogP contribution in [0.15, 0.2) is 72.8 Å². The van der Waals surface area contributed by atoms with Gasteiger partial charge in [-0.2, -0.15) is 0 Å². The lowest BCUT2D eigenvalue weighted by Gasteiger charge is -2.46. The average molecular weight is 391 g/mol. The van der Waals surface area contributed by atoms with Crippen LogP contribution in [0.3, 0.4) is 0 Å². The van der Waals surface area contributed by atoms with Crippen LogP contribution in [0.4, 0.5) is 4.39 Å². The van der Waals surface area contributed by atoms with Crippen molar-refractivity contribution < 1.29 is 23.4 Å². The molecule has 146 valence electrons. The second kappa shape index (κ2) is 7.13. The predicted octanol–water partition coefficient (Wildman–Crippen LogP) is 4.09. The number of benzene rings is 3. The summed E-state index contributed by atoms with van der Waals surface area (Å²) < 4.78 is 30.1. The molecule has 1 fully saturated rings. The van der Waals surface area contributed by atoms with Crippen molar-refractivity contribution in [1.29, 1.82) is 0 Å². The molecule has 2 aliphatic heterocycles. The van der Waals surface area contributed by atoms with E-state index in [9.17, 15) is 9.18 Å². The van der Waals surface area contributed by atoms with E-state index in [0.717, 1.165) is 11.1 Å². The molecule has 1 saturated heterocycles. The number of hydrogen-bond donors (Lipinski definition) is 0. The molecule has 29 heavy (non-hydrogen) atoms. The summed E-state index contributed by atoms with van der Waals surface area (Å²) in [4.78, 5) is 14.7. The number of carbonyl (C=O) groups excluding carboxylic acids is 1. The maximum absolute atomic E-state index is 13.2. The first-order valence-corrected chi connectivity index (χ1v) is 9.35. The van der Waals surface area contributed by atoms with Crippen LogP contribution in [0.2, 0.25) is 0 Å². The van der Waals surface area contributed by atoms with E-state index in [-0.39, 0.29) is 24.6 Å². The van der Waals surface area contributed by atoms with Gasteiger partial charge in [-0.1, -0.05) is 36.4 Å². The number of ether oxygens (including phenoxy) is 3. The highest BCUT2D eigenvalue weighted by atomic mass is 19.1. The van der Waals surface area contributed by atoms with Crippen molar-refractivity contribution in [1.82, 2.24) is 4.90 Å². The Kier molecular flexibility index (Phi) is 4.31. The van der Waals surface area contributed by atoms with E-state index in [2.05, 4.69) is 0 Å². The minimum Gasteiger partial charge on any atom is -0.478 e. The molecule has 3 aromatic rings. The number of para-hydroxylation sites is 1. The lowest BCUT2D eigenvalue weighted by atomic mass is 9.89. The van der Waals surface area contributed by atoms with Gasteiger partial charge in [-0.15, -0.1) is 0 Å². The first-order chi connectivity index (χ1) is 14.2. The predicted molar refractivity (Wildman–Crippen MR) is 103 cm³/mol. The fourth-order valence-corrected chi connectivity index (χ4v) is 3.69. The van der Waals surface area contributed by atoms with Crippen molar-refractivity contribution in [2.24, 2.45) is 0 Å². The molecular formula is C23H18FNO4. The lowest BCUT2D eigenvalue weighted by Crippen LogP contribution is -2.60. The summed E-state index contributed by atoms with van der Waals surface area (Å²) in [6.07, 6.45) is -0.641. The maximum Gasteiger partial charge on any atom is 0.267 e. The molecule has 0 radical (unpaired) electrons. The molecule has 2 atom stereocenters. The molecular weight excluding hydrogens is 373 g/mol. The molecule has 0 aromatic heterocycles. The molecule has 6 heteroatoms. The SMILES string of the molecule is O=C1[C@H](Oc2ccccc2)[C@@H](c2ccc3c(c2)OCO3)N1Cc1ccc(F)cc1. The van der Waals surface area contributed by atoms with E-state index in [4.69, 9.17) is 14.2 Å². The number of carbonyl (C=O) groups is 1. The van der Waals surface area contributed by atoms with Crippen LogP contribution >= 0.6 is 0 Å². The molecule has 1 amide bonds. The van der Waals surface area contributed by atoms with Crippen molar-refractivity contribution in [3.05, 3.63) is 89.7 Å². The minimum absolute atomic E-state index is 0.110. The molecule has 3 aromatic carbocycles. The molecule has 0 unspecified atom stereocenters. The number of hydrogen-bond acceptors (Lipinski definition) is 4. The van der Waals surface area contributed by atoms with Gasteiger partial charge in [-0.25, -0.2) is 4.39 Å². The Labute approximate surface area is 167 Å². The smallest absolute Gasteiger partial charge is 0.267 e. The molecule has 0 aliphatic carbocycles. The van der Waals surface area contributed by atoms with Crippen LogP contribution in [-0.4, -0.2) is 23.7 Å². The van der Waals surface area contributed by atoms with E-state index in [1.807, 2.05) is 48.5 Å². The Morgan fingerprint density at radius 1 is 0.966 bits per heavy atom. The molecule has 0 N–H and O–H groups in total. The zero-order chi connectivity index (χ0) is 19.8. The van der Waals surface area contributed by atoms with Crippen molar-refractivity contribution in [2.45, 2.75) is 18.7 Å². The first kappa shape index (κ1) is 17.6. The monoisotopic (exact) mass is 391 g/mol. The van der Waals surface area contributed by atoms with Gasteiger partial charge in [0.15, 0.2) is 11.5 Å². The first-order valence-electron chi connectivity index (χ1n) is 9.35. The summed E-state index contributed by atoms with van der Waals surface area (Å²) in [6, 6.07) is 20.8. The third-order valence-corrected chi connectivity index (χ3v) is 5.16. The van der Waals surface area contributed by atoms with Gasteiger partial charge in [0.1, 0.15) is 17.6 Å². The molecule has 2 heterocycles. The number of halogens is 1. The van der Waals surface area contributed by atoms with Gasteiger partial charge >= 0.3 is 0 Å². The van der Waals surface area contributed by atoms with Crippen molar-refractivity contribution >= 4 is 5.91 Å². The molecule has 0 saturated carbocycles. The average Bonchev–Trinajstić information content (AvgIpc) is 3.22. The van der Waals surface area contributed by atoms with Crippen molar-refractivity contribution in [3.8, 4) is 17.2 Å². The number of β-lactam (4-membered cyclic amide) rings is 1. The van der Waals surface area contributed by atoms with Gasteiger partial charge in [0, 0.05) is 6.54 Å². The number of rotatable bonds is 5. The Bertz CT molecular complexity index is 1040. The standard InChI is InChI=1S/C23H18FNO4/c24-17-9-6-15(7-10-17)13-25-21(16-8-11-19-20(12-16)28-14-27-19)22(23(25)26)29-18-4-2-1-3-5-18/h1-12,21-22H,13-14H2/t21-,22-/m1/s1. The van der Waals surface area contributed by atoms with Gasteiger partial charge in [0.25, 0.3) is 5.91 Å². The molecule has 0 spiro atoms. The number of nitrogens with zero attached hydrogens (tertiary/aromatic N) is 1. The summed E-state index contributed by atoms with van der Waals surface area (Å²) in [7, 11) is 0. The van der Waals surface area contributed by atoms with Gasteiger partial charge in [0.2, 0.25) is 12.9 Å². The van der Waals surface area contributed by atoms with Crippen molar-refractivity contribution in [2.75, 3.05) is 6.79 Å². The van der Waals surface area contributed by atoms with Gasteiger partial charge in [0.05, 0.1) is 0 Å². The molecule has 0 bridgehead atoms. The second-order valence-corrected chi connectivity index (χ2v) is 7.00. The van der Waals surface area contributed by atoms with Crippen LogP contribution in [-0.2, 0) is 11.3 Å². The van der Waals surface area contributed by atoms with E-state index in [1.165, 1.54) is 12.1 Å². The Morgan fingerprint density at radius 3 is 2.52 bits per heavy atom. The number of fused-ring (bicyclic) bond motifs is 1. The Hall–Kier alpha value is -3.54. The molecule has 2 aliphatic rings. The summed E-state index contributed by atoms with van der Waals surface area (Å²) >= 11 is 0. The van der Waals surface area contributed by atoms with Crippen LogP contribution < -0.4 is 14.2 Å². The highest BCUT2D eigenvalue weighted by Gasteiger charge is 2.50. The Morgan fingerprint density at radius 2 is 1.72 bits per heavy atom. The van der Waals surface area contributed by atoms with Gasteiger partial charge in [-0.3, -0.25) is 4.79 Å². The third kappa shape index (κ3) is 3.27. The summed E-state index contributed by atoms with van der Waals surface area (Å²) in [6.45, 7) is 0.554. The lowest BCUT2D eigenvalue weighted by molar-refractivity contribution is -0.165. The van der Waals surface area contributed by atoms with E-state index in [0.29, 0.717) is 23.8 Å². The molecule has 5 rings (SSSR count). The third-order valence-electron chi connectivity index (χ3n) is 5.16. The van der Waals surface area contributed by atoms with Crippen LogP contribution in [0.1, 0.15) is 17.2 Å². The van der Waals surface area contributed by atoms with E-state index in [1.54, 1.807) is 17.0 Å². The number of amides is 1. The topological polar surface area (TPSA) is 48.0 Å². The largest absolute Gasteiger partial charge is 0.478 e. The fourth-order valence-electron chi connectivity index (χ4n) is 3.69. The zero-order valence-corrected chi connectivity index (χ0v) is 15.5. The summed E-state index contributed by atoms with van der Waals surface area (Å²) in [5.41, 5.74) is 1.75. The van der Waals surface area contributed by atoms with Gasteiger partial charge in [-0.05, 0) is 47.5 Å². The minimum atomic E-state index is -0.641. The highest BCUT2D eigenvalue weighted by molar-refractivity contribution is 5.89. The summed E-state index contributed by atoms with van der Waals surface area (Å²) in [5.74, 6) is 1.56. The van der Waals surface area contributed by atoms with Crippen LogP contribution in [0.25, 0.3) is 0 Å². The quantitative estimate of drug-likeness (QED) is 0.615. The van der Waals surface area contributed by atoms with Crippen molar-refractivity contribution in [3.63, 3.8) is 0 Å².